The van der Waals surface area contributed by atoms with E-state index in [-0.39, 0.29) is 23.4 Å². The van der Waals surface area contributed by atoms with E-state index in [1.807, 2.05) is 19.9 Å². The number of sulfonamides is 1. The molecule has 0 bridgehead atoms. The van der Waals surface area contributed by atoms with Crippen LogP contribution in [0.5, 0.6) is 5.75 Å². The van der Waals surface area contributed by atoms with Gasteiger partial charge in [0.15, 0.2) is 0 Å². The Hall–Kier alpha value is -3.85. The second-order valence-corrected chi connectivity index (χ2v) is 11.2. The number of rotatable bonds is 11. The van der Waals surface area contributed by atoms with Crippen molar-refractivity contribution in [1.82, 2.24) is 10.2 Å². The van der Waals surface area contributed by atoms with Gasteiger partial charge in [-0.15, -0.1) is 0 Å². The number of ether oxygens (including phenoxy) is 1. The molecule has 0 saturated heterocycles. The van der Waals surface area contributed by atoms with Gasteiger partial charge in [0, 0.05) is 12.6 Å². The van der Waals surface area contributed by atoms with Gasteiger partial charge in [-0.2, -0.15) is 0 Å². The first-order valence-corrected chi connectivity index (χ1v) is 13.8. The summed E-state index contributed by atoms with van der Waals surface area (Å²) in [7, 11) is -2.54. The quantitative estimate of drug-likeness (QED) is 0.397. The molecule has 38 heavy (non-hydrogen) atoms. The van der Waals surface area contributed by atoms with Crippen molar-refractivity contribution in [3.63, 3.8) is 0 Å². The van der Waals surface area contributed by atoms with Crippen LogP contribution in [0.1, 0.15) is 31.9 Å². The number of nitrogens with one attached hydrogen (secondary N) is 1. The molecule has 8 nitrogen and oxygen atoms in total. The van der Waals surface area contributed by atoms with Crippen molar-refractivity contribution in [3.05, 3.63) is 90.0 Å². The van der Waals surface area contributed by atoms with Crippen LogP contribution in [0, 0.1) is 6.92 Å². The molecule has 1 atom stereocenters. The maximum atomic E-state index is 13.9. The number of carbonyl (C=O) groups is 2. The van der Waals surface area contributed by atoms with Crippen molar-refractivity contribution < 1.29 is 22.7 Å². The molecule has 1 unspecified atom stereocenters. The highest BCUT2D eigenvalue weighted by Crippen LogP contribution is 2.27. The maximum Gasteiger partial charge on any atom is 0.264 e. The summed E-state index contributed by atoms with van der Waals surface area (Å²) < 4.78 is 34.0. The molecule has 0 spiro atoms. The number of aryl methyl sites for hydroxylation is 1. The summed E-state index contributed by atoms with van der Waals surface area (Å²) in [5.41, 5.74) is 1.84. The molecule has 202 valence electrons. The van der Waals surface area contributed by atoms with Crippen LogP contribution in [0.2, 0.25) is 0 Å². The minimum absolute atomic E-state index is 0.0704. The Bertz CT molecular complexity index is 1360. The van der Waals surface area contributed by atoms with Crippen molar-refractivity contribution in [2.24, 2.45) is 0 Å². The highest BCUT2D eigenvalue weighted by atomic mass is 32.2. The fourth-order valence-corrected chi connectivity index (χ4v) is 5.53. The fraction of sp³-hybridized carbons (Fsp3) is 0.310. The Morgan fingerprint density at radius 3 is 2.21 bits per heavy atom. The molecule has 0 aliphatic rings. The highest BCUT2D eigenvalue weighted by Gasteiger charge is 2.33. The molecule has 0 aliphatic heterocycles. The van der Waals surface area contributed by atoms with Gasteiger partial charge in [-0.3, -0.25) is 13.9 Å². The number of para-hydroxylation sites is 1. The van der Waals surface area contributed by atoms with Gasteiger partial charge in [-0.25, -0.2) is 8.42 Å². The van der Waals surface area contributed by atoms with E-state index >= 15 is 0 Å². The van der Waals surface area contributed by atoms with E-state index in [2.05, 4.69) is 5.32 Å². The summed E-state index contributed by atoms with van der Waals surface area (Å²) >= 11 is 0. The third-order valence-corrected chi connectivity index (χ3v) is 7.85. The lowest BCUT2D eigenvalue weighted by molar-refractivity contribution is -0.139. The summed E-state index contributed by atoms with van der Waals surface area (Å²) in [4.78, 5) is 28.4. The van der Waals surface area contributed by atoms with Gasteiger partial charge in [0.1, 0.15) is 18.3 Å². The molecule has 1 N–H and O–H groups in total. The predicted octanol–water partition coefficient (Wildman–Crippen LogP) is 4.14. The topological polar surface area (TPSA) is 96.0 Å². The van der Waals surface area contributed by atoms with E-state index in [0.29, 0.717) is 17.0 Å². The number of methoxy groups -OCH3 is 1. The number of carbonyl (C=O) groups excluding carboxylic acids is 2. The van der Waals surface area contributed by atoms with Gasteiger partial charge in [-0.05, 0) is 69.2 Å². The number of hydrogen-bond donors (Lipinski definition) is 1. The molecule has 9 heteroatoms. The third kappa shape index (κ3) is 6.92. The van der Waals surface area contributed by atoms with Crippen molar-refractivity contribution >= 4 is 27.5 Å². The first kappa shape index (κ1) is 28.7. The fourth-order valence-electron chi connectivity index (χ4n) is 4.03. The van der Waals surface area contributed by atoms with Crippen LogP contribution in [0.15, 0.2) is 83.8 Å². The molecule has 0 radical (unpaired) electrons. The third-order valence-electron chi connectivity index (χ3n) is 6.08. The summed E-state index contributed by atoms with van der Waals surface area (Å²) in [5, 5.41) is 2.85. The van der Waals surface area contributed by atoms with E-state index in [0.717, 1.165) is 9.87 Å². The number of amides is 2. The highest BCUT2D eigenvalue weighted by molar-refractivity contribution is 7.92. The molecule has 2 amide bonds. The SMILES string of the molecule is COc1cccc(CN(C(=O)CN(c2ccccc2C)S(=O)(=O)c2ccccc2)C(C)C(=O)NC(C)C)c1. The van der Waals surface area contributed by atoms with Crippen molar-refractivity contribution in [2.45, 2.75) is 51.2 Å². The zero-order chi connectivity index (χ0) is 27.9. The van der Waals surface area contributed by atoms with E-state index in [9.17, 15) is 18.0 Å². The smallest absolute Gasteiger partial charge is 0.264 e. The van der Waals surface area contributed by atoms with Gasteiger partial charge < -0.3 is 15.0 Å². The van der Waals surface area contributed by atoms with E-state index in [1.165, 1.54) is 17.0 Å². The van der Waals surface area contributed by atoms with E-state index < -0.39 is 28.5 Å². The summed E-state index contributed by atoms with van der Waals surface area (Å²) in [5.74, 6) is -0.228. The number of hydrogen-bond acceptors (Lipinski definition) is 5. The lowest BCUT2D eigenvalue weighted by Crippen LogP contribution is -2.52. The summed E-state index contributed by atoms with van der Waals surface area (Å²) in [6.07, 6.45) is 0. The largest absolute Gasteiger partial charge is 0.497 e. The Labute approximate surface area is 225 Å². The summed E-state index contributed by atoms with van der Waals surface area (Å²) in [6, 6.07) is 21.2. The average molecular weight is 538 g/mol. The van der Waals surface area contributed by atoms with Crippen LogP contribution in [0.25, 0.3) is 0 Å². The first-order chi connectivity index (χ1) is 18.0. The second-order valence-electron chi connectivity index (χ2n) is 9.32. The van der Waals surface area contributed by atoms with E-state index in [4.69, 9.17) is 4.74 Å². The minimum Gasteiger partial charge on any atom is -0.497 e. The van der Waals surface area contributed by atoms with Crippen LogP contribution in [0.3, 0.4) is 0 Å². The monoisotopic (exact) mass is 537 g/mol. The molecule has 3 rings (SSSR count). The Morgan fingerprint density at radius 1 is 0.921 bits per heavy atom. The minimum atomic E-state index is -4.09. The van der Waals surface area contributed by atoms with Crippen LogP contribution in [0.4, 0.5) is 5.69 Å². The Balaban J connectivity index is 2.04. The second kappa shape index (κ2) is 12.6. The van der Waals surface area contributed by atoms with Crippen LogP contribution < -0.4 is 14.4 Å². The standard InChI is InChI=1S/C29H35N3O5S/c1-21(2)30-29(34)23(4)31(19-24-13-11-14-25(18-24)37-5)28(33)20-32(27-17-10-9-12-22(27)3)38(35,36)26-15-7-6-8-16-26/h6-18,21,23H,19-20H2,1-5H3,(H,30,34). The lowest BCUT2D eigenvalue weighted by Gasteiger charge is -2.32. The average Bonchev–Trinajstić information content (AvgIpc) is 2.90. The van der Waals surface area contributed by atoms with Gasteiger partial charge in [-0.1, -0.05) is 48.5 Å². The maximum absolute atomic E-state index is 13.9. The molecule has 0 aromatic heterocycles. The molecule has 0 saturated carbocycles. The molecule has 0 aliphatic carbocycles. The normalized spacial score (nSPS) is 12.1. The van der Waals surface area contributed by atoms with Crippen molar-refractivity contribution in [3.8, 4) is 5.75 Å². The van der Waals surface area contributed by atoms with Crippen molar-refractivity contribution in [2.75, 3.05) is 18.0 Å². The molecular weight excluding hydrogens is 502 g/mol. The zero-order valence-corrected chi connectivity index (χ0v) is 23.2. The van der Waals surface area contributed by atoms with Crippen LogP contribution in [-0.4, -0.2) is 50.9 Å². The zero-order valence-electron chi connectivity index (χ0n) is 22.4. The van der Waals surface area contributed by atoms with Gasteiger partial charge >= 0.3 is 0 Å². The molecule has 0 heterocycles. The molecule has 3 aromatic rings. The van der Waals surface area contributed by atoms with Gasteiger partial charge in [0.2, 0.25) is 11.8 Å². The predicted molar refractivity (Wildman–Crippen MR) is 148 cm³/mol. The molecule has 0 fully saturated rings. The Kier molecular flexibility index (Phi) is 9.52. The van der Waals surface area contributed by atoms with E-state index in [1.54, 1.807) is 81.6 Å². The van der Waals surface area contributed by atoms with Crippen LogP contribution in [-0.2, 0) is 26.2 Å². The molecule has 3 aromatic carbocycles. The van der Waals surface area contributed by atoms with Gasteiger partial charge in [0.25, 0.3) is 10.0 Å². The molecular formula is C29H35N3O5S. The van der Waals surface area contributed by atoms with Crippen LogP contribution >= 0.6 is 0 Å². The Morgan fingerprint density at radius 2 is 1.58 bits per heavy atom. The number of nitrogens with zero attached hydrogens (tertiary/aromatic N) is 2. The van der Waals surface area contributed by atoms with Gasteiger partial charge in [0.05, 0.1) is 17.7 Å². The summed E-state index contributed by atoms with van der Waals surface area (Å²) in [6.45, 7) is 6.72. The first-order valence-electron chi connectivity index (χ1n) is 12.4. The lowest BCUT2D eigenvalue weighted by atomic mass is 10.1. The number of anilines is 1. The van der Waals surface area contributed by atoms with Crippen molar-refractivity contribution in [1.29, 1.82) is 0 Å². The number of benzene rings is 3.